The summed E-state index contributed by atoms with van der Waals surface area (Å²) in [5, 5.41) is 0. The van der Waals surface area contributed by atoms with Crippen LogP contribution in [0.25, 0.3) is 0 Å². The summed E-state index contributed by atoms with van der Waals surface area (Å²) in [6.45, 7) is 0. The fourth-order valence-corrected chi connectivity index (χ4v) is 1.60. The molecule has 0 amide bonds. The predicted molar refractivity (Wildman–Crippen MR) is 72.8 cm³/mol. The van der Waals surface area contributed by atoms with Gasteiger partial charge in [-0.05, 0) is 17.7 Å². The van der Waals surface area contributed by atoms with Gasteiger partial charge < -0.3 is 0 Å². The van der Waals surface area contributed by atoms with E-state index in [0.29, 0.717) is 5.56 Å². The number of hydrogen-bond donors (Lipinski definition) is 1. The van der Waals surface area contributed by atoms with Crippen molar-refractivity contribution >= 4 is 30.8 Å². The van der Waals surface area contributed by atoms with Crippen LogP contribution in [0.4, 0.5) is 5.69 Å². The van der Waals surface area contributed by atoms with E-state index in [9.17, 15) is 4.79 Å². The Hall–Kier alpha value is -1.87. The number of aldehydes is 1. The normalized spacial score (nSPS) is 10.6. The van der Waals surface area contributed by atoms with Crippen molar-refractivity contribution in [3.63, 3.8) is 0 Å². The molecule has 0 unspecified atom stereocenters. The minimum atomic E-state index is 0.664. The van der Waals surface area contributed by atoms with Gasteiger partial charge in [0.2, 0.25) is 0 Å². The van der Waals surface area contributed by atoms with Crippen LogP contribution in [0.15, 0.2) is 58.4 Å². The standard InChI is InChI=1S/C14H11NOS/c16-10-12-7-5-11(6-8-12)9-15-13-3-1-2-4-14(13)17/h1-10,17H. The van der Waals surface area contributed by atoms with Gasteiger partial charge in [-0.2, -0.15) is 0 Å². The Bertz CT molecular complexity index is 546. The van der Waals surface area contributed by atoms with E-state index in [0.717, 1.165) is 22.4 Å². The fourth-order valence-electron chi connectivity index (χ4n) is 1.38. The summed E-state index contributed by atoms with van der Waals surface area (Å²) in [6.07, 6.45) is 2.58. The Balaban J connectivity index is 2.20. The molecule has 0 aliphatic rings. The molecular weight excluding hydrogens is 230 g/mol. The maximum atomic E-state index is 10.5. The van der Waals surface area contributed by atoms with Crippen molar-refractivity contribution in [2.45, 2.75) is 4.90 Å². The zero-order chi connectivity index (χ0) is 12.1. The van der Waals surface area contributed by atoms with Crippen LogP contribution in [0.1, 0.15) is 15.9 Å². The lowest BCUT2D eigenvalue weighted by molar-refractivity contribution is 0.112. The first kappa shape index (κ1) is 11.6. The van der Waals surface area contributed by atoms with Gasteiger partial charge in [-0.25, -0.2) is 0 Å². The number of carbonyl (C=O) groups excluding carboxylic acids is 1. The molecule has 17 heavy (non-hydrogen) atoms. The Kier molecular flexibility index (Phi) is 3.73. The SMILES string of the molecule is O=Cc1ccc(C=Nc2ccccc2S)cc1. The predicted octanol–water partition coefficient (Wildman–Crippen LogP) is 3.54. The van der Waals surface area contributed by atoms with Crippen LogP contribution in [-0.4, -0.2) is 12.5 Å². The van der Waals surface area contributed by atoms with E-state index in [4.69, 9.17) is 0 Å². The van der Waals surface area contributed by atoms with E-state index in [1.165, 1.54) is 0 Å². The van der Waals surface area contributed by atoms with Gasteiger partial charge in [0, 0.05) is 16.7 Å². The van der Waals surface area contributed by atoms with E-state index < -0.39 is 0 Å². The molecule has 0 aromatic heterocycles. The quantitative estimate of drug-likeness (QED) is 0.497. The number of carbonyl (C=O) groups is 1. The van der Waals surface area contributed by atoms with Gasteiger partial charge in [0.15, 0.2) is 0 Å². The molecule has 3 heteroatoms. The summed E-state index contributed by atoms with van der Waals surface area (Å²) in [6, 6.07) is 14.9. The number of thiol groups is 1. The molecule has 0 bridgehead atoms. The van der Waals surface area contributed by atoms with Crippen molar-refractivity contribution in [1.29, 1.82) is 0 Å². The van der Waals surface area contributed by atoms with Gasteiger partial charge in [0.25, 0.3) is 0 Å². The van der Waals surface area contributed by atoms with Gasteiger partial charge in [-0.15, -0.1) is 12.6 Å². The molecule has 0 fully saturated rings. The van der Waals surface area contributed by atoms with Gasteiger partial charge in [0.05, 0.1) is 5.69 Å². The lowest BCUT2D eigenvalue weighted by atomic mass is 10.2. The highest BCUT2D eigenvalue weighted by atomic mass is 32.1. The Morgan fingerprint density at radius 3 is 2.24 bits per heavy atom. The van der Waals surface area contributed by atoms with Crippen molar-refractivity contribution < 1.29 is 4.79 Å². The van der Waals surface area contributed by atoms with E-state index in [2.05, 4.69) is 17.6 Å². The lowest BCUT2D eigenvalue weighted by Gasteiger charge is -1.97. The monoisotopic (exact) mass is 241 g/mol. The third-order valence-corrected chi connectivity index (χ3v) is 2.69. The smallest absolute Gasteiger partial charge is 0.150 e. The van der Waals surface area contributed by atoms with Crippen LogP contribution >= 0.6 is 12.6 Å². The third-order valence-electron chi connectivity index (χ3n) is 2.31. The highest BCUT2D eigenvalue weighted by Gasteiger charge is 1.94. The molecule has 0 N–H and O–H groups in total. The van der Waals surface area contributed by atoms with Crippen LogP contribution in [0.5, 0.6) is 0 Å². The first-order chi connectivity index (χ1) is 8.29. The molecule has 2 aromatic rings. The Morgan fingerprint density at radius 1 is 0.941 bits per heavy atom. The topological polar surface area (TPSA) is 29.4 Å². The third kappa shape index (κ3) is 3.04. The Morgan fingerprint density at radius 2 is 1.59 bits per heavy atom. The molecule has 0 atom stereocenters. The first-order valence-corrected chi connectivity index (χ1v) is 5.61. The molecule has 0 spiro atoms. The largest absolute Gasteiger partial charge is 0.298 e. The lowest BCUT2D eigenvalue weighted by Crippen LogP contribution is -1.83. The van der Waals surface area contributed by atoms with E-state index >= 15 is 0 Å². The number of rotatable bonds is 3. The van der Waals surface area contributed by atoms with Crippen molar-refractivity contribution in [3.8, 4) is 0 Å². The summed E-state index contributed by atoms with van der Waals surface area (Å²) in [5.41, 5.74) is 2.44. The molecular formula is C14H11NOS. The maximum Gasteiger partial charge on any atom is 0.150 e. The van der Waals surface area contributed by atoms with Crippen molar-refractivity contribution in [2.24, 2.45) is 4.99 Å². The average Bonchev–Trinajstić information content (AvgIpc) is 2.38. The molecule has 2 aromatic carbocycles. The molecule has 0 saturated carbocycles. The molecule has 2 rings (SSSR count). The van der Waals surface area contributed by atoms with E-state index in [1.807, 2.05) is 36.4 Å². The zero-order valence-electron chi connectivity index (χ0n) is 9.08. The molecule has 0 heterocycles. The van der Waals surface area contributed by atoms with E-state index in [-0.39, 0.29) is 0 Å². The van der Waals surface area contributed by atoms with Crippen molar-refractivity contribution in [3.05, 3.63) is 59.7 Å². The van der Waals surface area contributed by atoms with Crippen LogP contribution in [-0.2, 0) is 0 Å². The highest BCUT2D eigenvalue weighted by Crippen LogP contribution is 2.21. The van der Waals surface area contributed by atoms with Gasteiger partial charge in [0.1, 0.15) is 6.29 Å². The van der Waals surface area contributed by atoms with Crippen molar-refractivity contribution in [1.82, 2.24) is 0 Å². The molecule has 0 radical (unpaired) electrons. The molecule has 84 valence electrons. The fraction of sp³-hybridized carbons (Fsp3) is 0. The molecule has 0 aliphatic carbocycles. The second-order valence-corrected chi connectivity index (χ2v) is 4.01. The number of hydrogen-bond acceptors (Lipinski definition) is 3. The summed E-state index contributed by atoms with van der Waals surface area (Å²) >= 11 is 4.32. The number of para-hydroxylation sites is 1. The van der Waals surface area contributed by atoms with Gasteiger partial charge in [-0.3, -0.25) is 9.79 Å². The van der Waals surface area contributed by atoms with Crippen LogP contribution in [0.2, 0.25) is 0 Å². The molecule has 0 aliphatic heterocycles. The van der Waals surface area contributed by atoms with Crippen molar-refractivity contribution in [2.75, 3.05) is 0 Å². The van der Waals surface area contributed by atoms with Crippen LogP contribution in [0.3, 0.4) is 0 Å². The minimum absolute atomic E-state index is 0.664. The van der Waals surface area contributed by atoms with Gasteiger partial charge >= 0.3 is 0 Å². The van der Waals surface area contributed by atoms with Crippen LogP contribution < -0.4 is 0 Å². The van der Waals surface area contributed by atoms with Gasteiger partial charge in [-0.1, -0.05) is 36.4 Å². The zero-order valence-corrected chi connectivity index (χ0v) is 9.97. The molecule has 2 nitrogen and oxygen atoms in total. The summed E-state index contributed by atoms with van der Waals surface area (Å²) in [4.78, 5) is 15.7. The summed E-state index contributed by atoms with van der Waals surface area (Å²) in [7, 11) is 0. The number of nitrogens with zero attached hydrogens (tertiary/aromatic N) is 1. The van der Waals surface area contributed by atoms with Crippen LogP contribution in [0, 0.1) is 0 Å². The second kappa shape index (κ2) is 5.46. The second-order valence-electron chi connectivity index (χ2n) is 3.53. The van der Waals surface area contributed by atoms with E-state index in [1.54, 1.807) is 18.3 Å². The maximum absolute atomic E-state index is 10.5. The average molecular weight is 241 g/mol. The first-order valence-electron chi connectivity index (χ1n) is 5.17. The number of aliphatic imine (C=N–C) groups is 1. The Labute approximate surface area is 105 Å². The summed E-state index contributed by atoms with van der Waals surface area (Å²) < 4.78 is 0. The highest BCUT2D eigenvalue weighted by molar-refractivity contribution is 7.80. The summed E-state index contributed by atoms with van der Waals surface area (Å²) in [5.74, 6) is 0. The molecule has 0 saturated heterocycles. The number of benzene rings is 2. The minimum Gasteiger partial charge on any atom is -0.298 e.